The smallest absolute Gasteiger partial charge is 0.286 e. The van der Waals surface area contributed by atoms with E-state index in [2.05, 4.69) is 6.92 Å². The molecule has 0 saturated carbocycles. The van der Waals surface area contributed by atoms with Crippen LogP contribution in [-0.4, -0.2) is 24.3 Å². The largest absolute Gasteiger partial charge is 0.324 e. The van der Waals surface area contributed by atoms with Crippen LogP contribution >= 0.6 is 0 Å². The maximum atomic E-state index is 13.9. The number of hydrogen-bond acceptors (Lipinski definition) is 3. The summed E-state index contributed by atoms with van der Waals surface area (Å²) in [5.74, 6) is -3.81. The zero-order valence-corrected chi connectivity index (χ0v) is 24.5. The van der Waals surface area contributed by atoms with E-state index in [-0.39, 0.29) is 29.8 Å². The minimum Gasteiger partial charge on any atom is -0.324 e. The second-order valence-corrected chi connectivity index (χ2v) is 11.2. The third kappa shape index (κ3) is 13.5. The van der Waals surface area contributed by atoms with Crippen molar-refractivity contribution in [3.63, 3.8) is 0 Å². The van der Waals surface area contributed by atoms with E-state index >= 15 is 0 Å². The monoisotopic (exact) mass is 530 g/mol. The molecular weight excluding hydrogens is 477 g/mol. The van der Waals surface area contributed by atoms with Crippen LogP contribution in [0.4, 0.5) is 13.2 Å². The van der Waals surface area contributed by atoms with Gasteiger partial charge in [0, 0.05) is 12.0 Å². The first-order chi connectivity index (χ1) is 17.5. The molecule has 37 heavy (non-hydrogen) atoms. The fourth-order valence-electron chi connectivity index (χ4n) is 4.84. The number of benzene rings is 1. The third-order valence-electron chi connectivity index (χ3n) is 6.44. The van der Waals surface area contributed by atoms with Gasteiger partial charge in [0.1, 0.15) is 5.82 Å². The third-order valence-corrected chi connectivity index (χ3v) is 6.44. The van der Waals surface area contributed by atoms with Gasteiger partial charge in [0.2, 0.25) is 0 Å². The lowest BCUT2D eigenvalue weighted by Crippen LogP contribution is -2.50. The fourth-order valence-corrected chi connectivity index (χ4v) is 4.84. The normalized spacial score (nSPS) is 13.3. The highest BCUT2D eigenvalue weighted by Gasteiger charge is 2.44. The molecule has 0 fully saturated rings. The molecule has 0 heterocycles. The molecule has 0 bridgehead atoms. The molecule has 0 amide bonds. The van der Waals surface area contributed by atoms with Gasteiger partial charge in [0.25, 0.3) is 5.97 Å². The van der Waals surface area contributed by atoms with Crippen LogP contribution in [-0.2, 0) is 20.6 Å². The Bertz CT molecular complexity index is 710. The van der Waals surface area contributed by atoms with Gasteiger partial charge in [-0.05, 0) is 78.9 Å². The second kappa shape index (κ2) is 18.2. The first-order valence-corrected chi connectivity index (χ1v) is 14.7. The van der Waals surface area contributed by atoms with E-state index in [1.807, 2.05) is 41.5 Å². The van der Waals surface area contributed by atoms with Gasteiger partial charge < -0.3 is 14.2 Å². The van der Waals surface area contributed by atoms with Crippen molar-refractivity contribution in [1.29, 1.82) is 0 Å². The van der Waals surface area contributed by atoms with E-state index in [1.165, 1.54) is 32.1 Å². The Labute approximate surface area is 224 Å². The molecule has 0 spiro atoms. The van der Waals surface area contributed by atoms with Gasteiger partial charge in [0.15, 0.2) is 11.6 Å². The van der Waals surface area contributed by atoms with Crippen LogP contribution in [0.15, 0.2) is 12.1 Å². The highest BCUT2D eigenvalue weighted by molar-refractivity contribution is 5.20. The van der Waals surface area contributed by atoms with Gasteiger partial charge >= 0.3 is 0 Å². The maximum absolute atomic E-state index is 13.9. The van der Waals surface area contributed by atoms with Crippen LogP contribution < -0.4 is 0 Å². The molecule has 0 saturated heterocycles. The molecule has 0 aliphatic carbocycles. The zero-order chi connectivity index (χ0) is 27.8. The van der Waals surface area contributed by atoms with Crippen LogP contribution in [0, 0.1) is 23.4 Å². The maximum Gasteiger partial charge on any atom is 0.286 e. The van der Waals surface area contributed by atoms with Crippen molar-refractivity contribution in [2.75, 3.05) is 0 Å². The molecule has 6 heteroatoms. The van der Waals surface area contributed by atoms with E-state index in [0.29, 0.717) is 12.5 Å². The van der Waals surface area contributed by atoms with Gasteiger partial charge in [-0.25, -0.2) is 13.2 Å². The van der Waals surface area contributed by atoms with Gasteiger partial charge in [-0.2, -0.15) is 0 Å². The Morgan fingerprint density at radius 3 is 1.51 bits per heavy atom. The van der Waals surface area contributed by atoms with Gasteiger partial charge in [-0.15, -0.1) is 0 Å². The van der Waals surface area contributed by atoms with E-state index < -0.39 is 23.4 Å². The molecule has 1 rings (SSSR count). The number of ether oxygens (including phenoxy) is 3. The number of halogens is 3. The Morgan fingerprint density at radius 1 is 0.595 bits per heavy atom. The molecule has 0 aliphatic heterocycles. The Kier molecular flexibility index (Phi) is 16.7. The molecule has 216 valence electrons. The predicted octanol–water partition coefficient (Wildman–Crippen LogP) is 9.89. The number of rotatable bonds is 21. The summed E-state index contributed by atoms with van der Waals surface area (Å²) in [5, 5.41) is 0. The van der Waals surface area contributed by atoms with Crippen LogP contribution in [0.5, 0.6) is 0 Å². The lowest BCUT2D eigenvalue weighted by atomic mass is 9.91. The average Bonchev–Trinajstić information content (AvgIpc) is 2.78. The molecule has 0 N–H and O–H groups in total. The molecular formula is C31H53F3O3. The topological polar surface area (TPSA) is 27.7 Å². The Balaban J connectivity index is 2.81. The minimum absolute atomic E-state index is 0.0458. The minimum atomic E-state index is -1.14. The van der Waals surface area contributed by atoms with E-state index in [9.17, 15) is 13.2 Å². The van der Waals surface area contributed by atoms with Crippen molar-refractivity contribution < 1.29 is 27.4 Å². The van der Waals surface area contributed by atoms with Crippen molar-refractivity contribution in [3.05, 3.63) is 35.1 Å². The number of aryl methyl sites for hydroxylation is 1. The van der Waals surface area contributed by atoms with Gasteiger partial charge in [-0.3, -0.25) is 0 Å². The molecule has 1 atom stereocenters. The van der Waals surface area contributed by atoms with E-state index in [4.69, 9.17) is 14.2 Å². The van der Waals surface area contributed by atoms with E-state index in [0.717, 1.165) is 51.0 Å². The van der Waals surface area contributed by atoms with Crippen molar-refractivity contribution in [1.82, 2.24) is 0 Å². The Morgan fingerprint density at radius 2 is 1.03 bits per heavy atom. The summed E-state index contributed by atoms with van der Waals surface area (Å²) in [5.41, 5.74) is 0.236. The molecule has 3 nitrogen and oxygen atoms in total. The van der Waals surface area contributed by atoms with Crippen LogP contribution in [0.2, 0.25) is 0 Å². The molecule has 1 aromatic carbocycles. The van der Waals surface area contributed by atoms with Gasteiger partial charge in [-0.1, -0.05) is 64.7 Å². The molecule has 0 aliphatic rings. The van der Waals surface area contributed by atoms with Crippen LogP contribution in [0.1, 0.15) is 131 Å². The first kappa shape index (κ1) is 33.9. The lowest BCUT2D eigenvalue weighted by Gasteiger charge is -2.43. The van der Waals surface area contributed by atoms with Crippen molar-refractivity contribution in [3.8, 4) is 0 Å². The zero-order valence-electron chi connectivity index (χ0n) is 24.5. The summed E-state index contributed by atoms with van der Waals surface area (Å²) in [7, 11) is 0. The van der Waals surface area contributed by atoms with Crippen molar-refractivity contribution >= 4 is 0 Å². The van der Waals surface area contributed by atoms with E-state index in [1.54, 1.807) is 0 Å². The SMILES string of the molecule is CCCCCCCCC(CCCCCCc1cc(F)c(F)cc1F)C(OC(C)C)(OC(C)C)OC(C)C. The lowest BCUT2D eigenvalue weighted by molar-refractivity contribution is -0.433. The molecule has 0 radical (unpaired) electrons. The summed E-state index contributed by atoms with van der Waals surface area (Å²) in [6, 6.07) is 1.61. The average molecular weight is 531 g/mol. The van der Waals surface area contributed by atoms with Crippen LogP contribution in [0.25, 0.3) is 0 Å². The molecule has 1 aromatic rings. The Hall–Kier alpha value is -1.11. The number of unbranched alkanes of at least 4 members (excludes halogenated alkanes) is 8. The first-order valence-electron chi connectivity index (χ1n) is 14.7. The molecule has 0 aromatic heterocycles. The fraction of sp³-hybridized carbons (Fsp3) is 0.806. The second-order valence-electron chi connectivity index (χ2n) is 11.2. The highest BCUT2D eigenvalue weighted by atomic mass is 19.2. The summed E-state index contributed by atoms with van der Waals surface area (Å²) in [4.78, 5) is 0. The summed E-state index contributed by atoms with van der Waals surface area (Å²) in [6.07, 6.45) is 13.0. The quantitative estimate of drug-likeness (QED) is 0.0899. The van der Waals surface area contributed by atoms with Crippen LogP contribution in [0.3, 0.4) is 0 Å². The van der Waals surface area contributed by atoms with Crippen molar-refractivity contribution in [2.45, 2.75) is 156 Å². The summed E-state index contributed by atoms with van der Waals surface area (Å²) in [6.45, 7) is 14.3. The number of hydrogen-bond donors (Lipinski definition) is 0. The standard InChI is InChI=1S/C31H53F3O3/c1-8-9-10-11-12-16-19-27(31(35-23(2)3,36-24(4)5)37-25(6)7)20-17-14-13-15-18-26-21-29(33)30(34)22-28(26)32/h21-25,27H,8-20H2,1-7H3. The molecule has 1 unspecified atom stereocenters. The van der Waals surface area contributed by atoms with Crippen molar-refractivity contribution in [2.24, 2.45) is 5.92 Å². The summed E-state index contributed by atoms with van der Waals surface area (Å²) < 4.78 is 59.9. The summed E-state index contributed by atoms with van der Waals surface area (Å²) >= 11 is 0. The predicted molar refractivity (Wildman–Crippen MR) is 146 cm³/mol. The van der Waals surface area contributed by atoms with Gasteiger partial charge in [0.05, 0.1) is 18.3 Å². The highest BCUT2D eigenvalue weighted by Crippen LogP contribution is 2.37.